The van der Waals surface area contributed by atoms with Crippen LogP contribution >= 0.6 is 0 Å². The lowest BCUT2D eigenvalue weighted by molar-refractivity contribution is -0.137. The van der Waals surface area contributed by atoms with Gasteiger partial charge in [-0.2, -0.15) is 13.2 Å². The number of hydrogen-bond donors (Lipinski definition) is 3. The zero-order valence-electron chi connectivity index (χ0n) is 16.0. The minimum Gasteiger partial charge on any atom is -0.491 e. The van der Waals surface area contributed by atoms with Gasteiger partial charge < -0.3 is 25.2 Å². The number of ether oxygens (including phenoxy) is 2. The summed E-state index contributed by atoms with van der Waals surface area (Å²) in [6.45, 7) is 1.44. The summed E-state index contributed by atoms with van der Waals surface area (Å²) >= 11 is 0. The summed E-state index contributed by atoms with van der Waals surface area (Å²) in [7, 11) is 0. The second-order valence-electron chi connectivity index (χ2n) is 6.12. The van der Waals surface area contributed by atoms with Crippen LogP contribution in [0.5, 0.6) is 5.75 Å². The fourth-order valence-electron chi connectivity index (χ4n) is 2.30. The Kier molecular flexibility index (Phi) is 8.05. The molecule has 2 amide bonds. The summed E-state index contributed by atoms with van der Waals surface area (Å²) in [5.74, 6) is -0.521. The fourth-order valence-corrected chi connectivity index (χ4v) is 2.30. The number of nitrogens with one attached hydrogen (secondary N) is 2. The summed E-state index contributed by atoms with van der Waals surface area (Å²) in [6, 6.07) is 9.67. The quantitative estimate of drug-likeness (QED) is 0.562. The molecular weight excluding hydrogens is 405 g/mol. The zero-order chi connectivity index (χ0) is 22.1. The molecule has 3 N–H and O–H groups in total. The molecule has 0 saturated carbocycles. The first-order chi connectivity index (χ1) is 14.2. The van der Waals surface area contributed by atoms with E-state index in [0.717, 1.165) is 12.1 Å². The highest BCUT2D eigenvalue weighted by Crippen LogP contribution is 2.31. The van der Waals surface area contributed by atoms with Crippen molar-refractivity contribution < 1.29 is 37.3 Å². The third-order valence-electron chi connectivity index (χ3n) is 3.76. The molecule has 10 heteroatoms. The Labute approximate surface area is 170 Å². The summed E-state index contributed by atoms with van der Waals surface area (Å²) in [5, 5.41) is 14.8. The van der Waals surface area contributed by atoms with Crippen molar-refractivity contribution in [2.75, 3.05) is 25.1 Å². The zero-order valence-corrected chi connectivity index (χ0v) is 16.0. The van der Waals surface area contributed by atoms with E-state index in [-0.39, 0.29) is 25.5 Å². The van der Waals surface area contributed by atoms with E-state index in [1.54, 1.807) is 6.92 Å². The molecule has 0 saturated heterocycles. The first kappa shape index (κ1) is 23.0. The molecule has 2 rings (SSSR count). The van der Waals surface area contributed by atoms with Crippen molar-refractivity contribution in [2.45, 2.75) is 19.2 Å². The van der Waals surface area contributed by atoms with Crippen LogP contribution in [-0.4, -0.2) is 43.0 Å². The number of anilines is 1. The number of halogens is 3. The number of benzene rings is 2. The van der Waals surface area contributed by atoms with E-state index in [9.17, 15) is 27.9 Å². The Hall–Kier alpha value is -3.27. The SMILES string of the molecule is CCOC(=O)c1ccc(NC(=O)NC[C@H](O)COc2cccc(C(F)(F)F)c2)cc1. The fraction of sp³-hybridized carbons (Fsp3) is 0.300. The standard InChI is InChI=1S/C20H21F3N2O5/c1-2-29-18(27)13-6-8-15(9-7-13)25-19(28)24-11-16(26)12-30-17-5-3-4-14(10-17)20(21,22)23/h3-10,16,26H,2,11-12H2,1H3,(H2,24,25,28)/t16-/m0/s1. The third kappa shape index (κ3) is 7.28. The first-order valence-electron chi connectivity index (χ1n) is 8.99. The second-order valence-corrected chi connectivity index (χ2v) is 6.12. The number of amides is 2. The average Bonchev–Trinajstić information content (AvgIpc) is 2.71. The molecule has 0 heterocycles. The molecule has 0 aromatic heterocycles. The van der Waals surface area contributed by atoms with Crippen LogP contribution in [0, 0.1) is 0 Å². The van der Waals surface area contributed by atoms with Crippen molar-refractivity contribution in [2.24, 2.45) is 0 Å². The third-order valence-corrected chi connectivity index (χ3v) is 3.76. The number of carbonyl (C=O) groups excluding carboxylic acids is 2. The number of rotatable bonds is 8. The van der Waals surface area contributed by atoms with Gasteiger partial charge in [-0.3, -0.25) is 0 Å². The van der Waals surface area contributed by atoms with Crippen molar-refractivity contribution in [1.82, 2.24) is 5.32 Å². The van der Waals surface area contributed by atoms with Crippen LogP contribution in [0.3, 0.4) is 0 Å². The smallest absolute Gasteiger partial charge is 0.416 e. The average molecular weight is 426 g/mol. The van der Waals surface area contributed by atoms with Gasteiger partial charge in [0, 0.05) is 12.2 Å². The molecule has 30 heavy (non-hydrogen) atoms. The topological polar surface area (TPSA) is 96.9 Å². The maximum Gasteiger partial charge on any atom is 0.416 e. The molecule has 1 atom stereocenters. The van der Waals surface area contributed by atoms with Crippen LogP contribution in [0.15, 0.2) is 48.5 Å². The van der Waals surface area contributed by atoms with E-state index >= 15 is 0 Å². The van der Waals surface area contributed by atoms with Gasteiger partial charge in [0.15, 0.2) is 0 Å². The predicted octanol–water partition coefficient (Wildman–Crippen LogP) is 3.44. The van der Waals surface area contributed by atoms with Crippen LogP contribution in [0.4, 0.5) is 23.7 Å². The van der Waals surface area contributed by atoms with Gasteiger partial charge in [0.25, 0.3) is 0 Å². The molecule has 0 fully saturated rings. The molecule has 7 nitrogen and oxygen atoms in total. The molecule has 2 aromatic rings. The van der Waals surface area contributed by atoms with Gasteiger partial charge in [0.1, 0.15) is 18.5 Å². The van der Waals surface area contributed by atoms with Crippen LogP contribution < -0.4 is 15.4 Å². The number of hydrogen-bond acceptors (Lipinski definition) is 5. The molecule has 0 spiro atoms. The van der Waals surface area contributed by atoms with Gasteiger partial charge in [-0.25, -0.2) is 9.59 Å². The molecular formula is C20H21F3N2O5. The van der Waals surface area contributed by atoms with Crippen LogP contribution in [0.2, 0.25) is 0 Å². The lowest BCUT2D eigenvalue weighted by atomic mass is 10.2. The number of urea groups is 1. The molecule has 162 valence electrons. The van der Waals surface area contributed by atoms with Crippen LogP contribution in [-0.2, 0) is 10.9 Å². The molecule has 0 unspecified atom stereocenters. The van der Waals surface area contributed by atoms with Crippen LogP contribution in [0.1, 0.15) is 22.8 Å². The molecule has 0 aliphatic rings. The Morgan fingerprint density at radius 2 is 1.83 bits per heavy atom. The lowest BCUT2D eigenvalue weighted by Crippen LogP contribution is -2.37. The maximum atomic E-state index is 12.7. The van der Waals surface area contributed by atoms with E-state index < -0.39 is 29.8 Å². The first-order valence-corrected chi connectivity index (χ1v) is 8.99. The highest BCUT2D eigenvalue weighted by Gasteiger charge is 2.30. The van der Waals surface area contributed by atoms with Gasteiger partial charge in [-0.1, -0.05) is 6.07 Å². The molecule has 0 aliphatic heterocycles. The van der Waals surface area contributed by atoms with Crippen molar-refractivity contribution in [3.8, 4) is 5.75 Å². The van der Waals surface area contributed by atoms with Crippen molar-refractivity contribution in [3.05, 3.63) is 59.7 Å². The Bertz CT molecular complexity index is 856. The Morgan fingerprint density at radius 1 is 1.13 bits per heavy atom. The van der Waals surface area contributed by atoms with Gasteiger partial charge in [0.05, 0.1) is 17.7 Å². The van der Waals surface area contributed by atoms with E-state index in [1.165, 1.54) is 36.4 Å². The highest BCUT2D eigenvalue weighted by atomic mass is 19.4. The van der Waals surface area contributed by atoms with E-state index in [2.05, 4.69) is 10.6 Å². The number of carbonyl (C=O) groups is 2. The summed E-state index contributed by atoms with van der Waals surface area (Å²) in [6.07, 6.45) is -5.64. The molecule has 0 bridgehead atoms. The van der Waals surface area contributed by atoms with Crippen molar-refractivity contribution in [1.29, 1.82) is 0 Å². The Morgan fingerprint density at radius 3 is 2.47 bits per heavy atom. The van der Waals surface area contributed by atoms with Gasteiger partial charge in [-0.05, 0) is 49.4 Å². The number of alkyl halides is 3. The largest absolute Gasteiger partial charge is 0.491 e. The van der Waals surface area contributed by atoms with Gasteiger partial charge in [0.2, 0.25) is 0 Å². The molecule has 2 aromatic carbocycles. The highest BCUT2D eigenvalue weighted by molar-refractivity contribution is 5.92. The molecule has 0 radical (unpaired) electrons. The normalized spacial score (nSPS) is 12.0. The minimum absolute atomic E-state index is 0.0463. The number of aliphatic hydroxyl groups is 1. The van der Waals surface area contributed by atoms with E-state index in [1.807, 2.05) is 0 Å². The lowest BCUT2D eigenvalue weighted by Gasteiger charge is -2.15. The number of esters is 1. The van der Waals surface area contributed by atoms with E-state index in [0.29, 0.717) is 11.3 Å². The molecule has 0 aliphatic carbocycles. The van der Waals surface area contributed by atoms with Gasteiger partial charge in [-0.15, -0.1) is 0 Å². The number of aliphatic hydroxyl groups excluding tert-OH is 1. The second kappa shape index (κ2) is 10.5. The minimum atomic E-state index is -4.49. The Balaban J connectivity index is 1.76. The monoisotopic (exact) mass is 426 g/mol. The summed E-state index contributed by atoms with van der Waals surface area (Å²) < 4.78 is 48.0. The van der Waals surface area contributed by atoms with Crippen LogP contribution in [0.25, 0.3) is 0 Å². The summed E-state index contributed by atoms with van der Waals surface area (Å²) in [4.78, 5) is 23.4. The van der Waals surface area contributed by atoms with Gasteiger partial charge >= 0.3 is 18.2 Å². The summed E-state index contributed by atoms with van der Waals surface area (Å²) in [5.41, 5.74) is -0.110. The van der Waals surface area contributed by atoms with Crippen molar-refractivity contribution >= 4 is 17.7 Å². The maximum absolute atomic E-state index is 12.7. The van der Waals surface area contributed by atoms with E-state index in [4.69, 9.17) is 9.47 Å². The van der Waals surface area contributed by atoms with Crippen molar-refractivity contribution in [3.63, 3.8) is 0 Å². The predicted molar refractivity (Wildman–Crippen MR) is 102 cm³/mol.